The number of aromatic amines is 1. The first-order valence-corrected chi connectivity index (χ1v) is 32.3. The van der Waals surface area contributed by atoms with Crippen LogP contribution in [0.4, 0.5) is 21.0 Å². The Bertz CT molecular complexity index is 3830. The smallest absolute Gasteiger partial charge is 0.407 e. The van der Waals surface area contributed by atoms with Gasteiger partial charge in [-0.15, -0.1) is 0 Å². The van der Waals surface area contributed by atoms with Gasteiger partial charge in [0.2, 0.25) is 29.5 Å². The summed E-state index contributed by atoms with van der Waals surface area (Å²) in [6.07, 6.45) is 2.34. The van der Waals surface area contributed by atoms with Crippen molar-refractivity contribution in [1.82, 2.24) is 56.4 Å². The van der Waals surface area contributed by atoms with Crippen LogP contribution in [0.5, 0.6) is 5.88 Å². The third-order valence-electron chi connectivity index (χ3n) is 15.1. The highest BCUT2D eigenvalue weighted by molar-refractivity contribution is 6.13. The molecule has 4 heterocycles. The third kappa shape index (κ3) is 24.8. The van der Waals surface area contributed by atoms with Gasteiger partial charge in [0.1, 0.15) is 42.9 Å². The number of aryl methyl sites for hydroxylation is 2. The number of imide groups is 1. The van der Waals surface area contributed by atoms with Crippen LogP contribution in [0.2, 0.25) is 0 Å². The van der Waals surface area contributed by atoms with Crippen LogP contribution in [0, 0.1) is 19.8 Å². The van der Waals surface area contributed by atoms with Crippen LogP contribution in [-0.2, 0) is 75.1 Å². The van der Waals surface area contributed by atoms with Crippen LogP contribution < -0.4 is 47.7 Å². The molecule has 0 aliphatic carbocycles. The van der Waals surface area contributed by atoms with Crippen LogP contribution in [0.3, 0.4) is 0 Å². The van der Waals surface area contributed by atoms with Crippen molar-refractivity contribution in [1.29, 1.82) is 0 Å². The molecule has 6 aromatic rings. The molecule has 11 N–H and O–H groups in total. The molecule has 32 nitrogen and oxygen atoms in total. The molecular weight excluding hydrogens is 1300 g/mol. The molecule has 7 rings (SSSR count). The predicted octanol–water partition coefficient (Wildman–Crippen LogP) is 4.15. The summed E-state index contributed by atoms with van der Waals surface area (Å²) in [6, 6.07) is 18.4. The number of fused-ring (bicyclic) bond motifs is 1. The molecule has 0 fully saturated rings. The fourth-order valence-corrected chi connectivity index (χ4v) is 9.84. The monoisotopic (exact) mass is 1380 g/mol. The van der Waals surface area contributed by atoms with Gasteiger partial charge in [0.15, 0.2) is 0 Å². The highest BCUT2D eigenvalue weighted by Crippen LogP contribution is 2.32. The number of primary amides is 1. The zero-order valence-corrected chi connectivity index (χ0v) is 56.2. The number of carbonyl (C=O) groups excluding carboxylic acids is 9. The number of urea groups is 1. The van der Waals surface area contributed by atoms with Crippen LogP contribution in [0.1, 0.15) is 79.0 Å². The summed E-state index contributed by atoms with van der Waals surface area (Å²) in [6.45, 7) is 8.88. The number of esters is 1. The Morgan fingerprint density at radius 3 is 2.05 bits per heavy atom. The average Bonchev–Trinajstić information content (AvgIpc) is 1.57. The predicted molar refractivity (Wildman–Crippen MR) is 362 cm³/mol. The number of imidazole rings is 1. The van der Waals surface area contributed by atoms with Crippen LogP contribution >= 0.6 is 0 Å². The first-order chi connectivity index (χ1) is 48.1. The number of H-pyrrole nitrogens is 1. The van der Waals surface area contributed by atoms with Gasteiger partial charge in [0.05, 0.1) is 114 Å². The molecule has 0 saturated carbocycles. The topological polar surface area (TPSA) is 436 Å². The van der Waals surface area contributed by atoms with Crippen LogP contribution in [-0.4, -0.2) is 199 Å². The van der Waals surface area contributed by atoms with Crippen molar-refractivity contribution >= 4 is 81.9 Å². The van der Waals surface area contributed by atoms with E-state index in [1.807, 2.05) is 62.4 Å². The van der Waals surface area contributed by atoms with Crippen LogP contribution in [0.15, 0.2) is 97.2 Å². The fourth-order valence-electron chi connectivity index (χ4n) is 9.84. The molecule has 0 spiro atoms. The molecular formula is C68H84N14O18. The lowest BCUT2D eigenvalue weighted by Gasteiger charge is -2.27. The van der Waals surface area contributed by atoms with E-state index in [9.17, 15) is 53.1 Å². The van der Waals surface area contributed by atoms with E-state index < -0.39 is 78.2 Å². The molecule has 1 aliphatic rings. The standard InChI is InChI=1S/C68H84N14O18/c1-41(2)60(81-64(89)52(19-22-59(86)87)76-55(83)23-27-95-30-32-97-34-35-98-33-31-96-29-26-82-57(84)20-21-58(82)85)65(90)78-51(10-7-24-70-67(69)92)63(88)75-46-16-12-44(13-17-46)40-100-68(93)71-25-28-99-56-39-73-49-18-14-45(36-53(49)77-56)61-62(50-9-6-8-43(4)74-50)80-54(79-61)38-72-47-15-11-42(3)48(37-47)66(91)94-5/h6,8-9,11-18,20-21,36-37,39,41,51-52,60,72H,7,10,19,22-35,38,40H2,1-5H3,(H,71,93)(H,75,88)(H,76,83)(H,78,90)(H,79,80)(H,81,89)(H,86,87)(H3,69,70,92)/t51-,52-,60-/m0/s1. The maximum Gasteiger partial charge on any atom is 0.407 e. The Kier molecular flexibility index (Phi) is 30.1. The lowest BCUT2D eigenvalue weighted by molar-refractivity contribution is -0.139. The van der Waals surface area contributed by atoms with Gasteiger partial charge in [0, 0.05) is 54.2 Å². The van der Waals surface area contributed by atoms with E-state index in [1.165, 1.54) is 25.5 Å². The number of hydrogen-bond acceptors (Lipinski definition) is 22. The quantitative estimate of drug-likeness (QED) is 0.0146. The number of anilines is 2. The molecule has 534 valence electrons. The van der Waals surface area contributed by atoms with Gasteiger partial charge in [-0.3, -0.25) is 43.4 Å². The zero-order chi connectivity index (χ0) is 71.9. The van der Waals surface area contributed by atoms with Gasteiger partial charge < -0.3 is 86.2 Å². The highest BCUT2D eigenvalue weighted by Gasteiger charge is 2.32. The van der Waals surface area contributed by atoms with Crippen molar-refractivity contribution in [3.63, 3.8) is 0 Å². The zero-order valence-electron chi connectivity index (χ0n) is 56.2. The number of aromatic nitrogens is 5. The van der Waals surface area contributed by atoms with E-state index in [0.717, 1.165) is 21.7 Å². The number of nitrogens with zero attached hydrogens (tertiary/aromatic N) is 5. The number of ether oxygens (including phenoxy) is 7. The molecule has 3 atom stereocenters. The van der Waals surface area contributed by atoms with Gasteiger partial charge in [-0.2, -0.15) is 0 Å². The minimum Gasteiger partial charge on any atom is -0.481 e. The maximum atomic E-state index is 14.0. The largest absolute Gasteiger partial charge is 0.481 e. The van der Waals surface area contributed by atoms with Gasteiger partial charge in [-0.25, -0.2) is 29.3 Å². The summed E-state index contributed by atoms with van der Waals surface area (Å²) < 4.78 is 38.0. The Hall–Kier alpha value is -11.0. The number of methoxy groups -OCH3 is 1. The number of aliphatic carboxylic acids is 1. The molecule has 1 aliphatic heterocycles. The second kappa shape index (κ2) is 39.4. The number of alkyl carbamates (subject to hydrolysis) is 1. The Labute approximate surface area is 575 Å². The lowest BCUT2D eigenvalue weighted by atomic mass is 10.0. The van der Waals surface area contributed by atoms with E-state index in [4.69, 9.17) is 48.9 Å². The normalized spacial score (nSPS) is 12.7. The van der Waals surface area contributed by atoms with E-state index >= 15 is 0 Å². The molecule has 32 heteroatoms. The van der Waals surface area contributed by atoms with E-state index in [2.05, 4.69) is 52.2 Å². The second-order valence-corrected chi connectivity index (χ2v) is 23.0. The molecule has 0 bridgehead atoms. The van der Waals surface area contributed by atoms with Crippen LogP contribution in [0.25, 0.3) is 33.7 Å². The number of nitrogens with one attached hydrogen (secondary N) is 8. The maximum absolute atomic E-state index is 14.0. The number of hydrogen-bond donors (Lipinski definition) is 10. The summed E-state index contributed by atoms with van der Waals surface area (Å²) in [7, 11) is 1.34. The highest BCUT2D eigenvalue weighted by atomic mass is 16.6. The summed E-state index contributed by atoms with van der Waals surface area (Å²) in [5, 5.41) is 28.4. The number of rotatable bonds is 42. The fraction of sp³-hybridized carbons (Fsp3) is 0.412. The van der Waals surface area contributed by atoms with Crippen molar-refractivity contribution < 1.29 is 86.2 Å². The summed E-state index contributed by atoms with van der Waals surface area (Å²) in [5.41, 5.74) is 12.7. The molecule has 0 unspecified atom stereocenters. The van der Waals surface area contributed by atoms with Gasteiger partial charge in [-0.05, 0) is 98.7 Å². The van der Waals surface area contributed by atoms with E-state index in [0.29, 0.717) is 63.0 Å². The van der Waals surface area contributed by atoms with Gasteiger partial charge in [0.25, 0.3) is 11.8 Å². The van der Waals surface area contributed by atoms with Gasteiger partial charge in [-0.1, -0.05) is 44.2 Å². The van der Waals surface area contributed by atoms with Crippen molar-refractivity contribution in [2.24, 2.45) is 11.7 Å². The second-order valence-electron chi connectivity index (χ2n) is 23.0. The molecule has 0 radical (unpaired) electrons. The molecule has 9 amide bonds. The number of carbonyl (C=O) groups is 10. The minimum absolute atomic E-state index is 0.00662. The van der Waals surface area contributed by atoms with Crippen molar-refractivity contribution in [3.8, 4) is 28.5 Å². The Morgan fingerprint density at radius 2 is 1.37 bits per heavy atom. The number of pyridine rings is 1. The summed E-state index contributed by atoms with van der Waals surface area (Å²) in [5.74, 6) is -5.07. The van der Waals surface area contributed by atoms with Crippen molar-refractivity contribution in [2.75, 3.05) is 96.8 Å². The summed E-state index contributed by atoms with van der Waals surface area (Å²) >= 11 is 0. The third-order valence-corrected chi connectivity index (χ3v) is 15.1. The SMILES string of the molecule is COC(=O)c1cc(NCc2nc(-c3cccc(C)n3)c(-c3ccc4ncc(OCCNC(=O)OCc5ccc(NC(=O)[C@H](CCCNC(N)=O)NC(=O)[C@@H](NC(=O)[C@H](CCC(=O)O)NC(=O)CCOCCOCCOCCOCCN6C(=O)C=CC6=O)C(C)C)cc5)nc4c3)[nH]2)ccc1C. The van der Waals surface area contributed by atoms with Crippen molar-refractivity contribution in [2.45, 2.75) is 91.1 Å². The van der Waals surface area contributed by atoms with E-state index in [1.54, 1.807) is 44.2 Å². The lowest BCUT2D eigenvalue weighted by Crippen LogP contribution is -2.58. The van der Waals surface area contributed by atoms with Gasteiger partial charge >= 0.3 is 24.1 Å². The number of carboxylic acid groups (broad SMARTS) is 1. The average molecular weight is 1390 g/mol. The van der Waals surface area contributed by atoms with E-state index in [-0.39, 0.29) is 129 Å². The summed E-state index contributed by atoms with van der Waals surface area (Å²) in [4.78, 5) is 149. The Balaban J connectivity index is 0.840. The first-order valence-electron chi connectivity index (χ1n) is 32.3. The number of nitrogens with two attached hydrogens (primary N) is 1. The minimum atomic E-state index is -1.36. The number of carboxylic acids is 1. The number of benzene rings is 3. The molecule has 100 heavy (non-hydrogen) atoms. The molecule has 0 saturated heterocycles. The first kappa shape index (κ1) is 76.4. The molecule has 3 aromatic heterocycles. The number of amides is 9. The molecule has 3 aromatic carbocycles. The van der Waals surface area contributed by atoms with Crippen molar-refractivity contribution in [3.05, 3.63) is 125 Å². The Morgan fingerprint density at radius 1 is 0.680 bits per heavy atom.